The van der Waals surface area contributed by atoms with E-state index in [9.17, 15) is 13.2 Å². The minimum atomic E-state index is -3.76. The van der Waals surface area contributed by atoms with Crippen LogP contribution in [0, 0.1) is 6.92 Å². The average Bonchev–Trinajstić information content (AvgIpc) is 3.21. The van der Waals surface area contributed by atoms with Gasteiger partial charge in [-0.25, -0.2) is 8.42 Å². The van der Waals surface area contributed by atoms with Crippen LogP contribution in [0.25, 0.3) is 11.4 Å². The molecule has 0 aliphatic carbocycles. The molecule has 1 amide bonds. The van der Waals surface area contributed by atoms with Gasteiger partial charge in [0.2, 0.25) is 27.6 Å². The lowest BCUT2D eigenvalue weighted by atomic mass is 10.2. The SMILES string of the molecule is COc1ccc(-c2noc(CNC(=O)CN(C)S(=O)(=O)c3ccc(C)cc3)n2)cc1. The molecule has 0 saturated carbocycles. The van der Waals surface area contributed by atoms with Crippen LogP contribution >= 0.6 is 0 Å². The lowest BCUT2D eigenvalue weighted by molar-refractivity contribution is -0.121. The number of sulfonamides is 1. The van der Waals surface area contributed by atoms with Gasteiger partial charge < -0.3 is 14.6 Å². The fourth-order valence-corrected chi connectivity index (χ4v) is 3.72. The number of amides is 1. The Hall–Kier alpha value is -3.24. The maximum Gasteiger partial charge on any atom is 0.246 e. The molecule has 0 aliphatic rings. The summed E-state index contributed by atoms with van der Waals surface area (Å²) in [5.74, 6) is 0.802. The Kier molecular flexibility index (Phi) is 6.48. The van der Waals surface area contributed by atoms with Gasteiger partial charge >= 0.3 is 0 Å². The molecule has 0 atom stereocenters. The molecule has 0 saturated heterocycles. The highest BCUT2D eigenvalue weighted by Crippen LogP contribution is 2.19. The van der Waals surface area contributed by atoms with Gasteiger partial charge in [-0.3, -0.25) is 4.79 Å². The van der Waals surface area contributed by atoms with E-state index in [0.29, 0.717) is 11.6 Å². The van der Waals surface area contributed by atoms with Crippen molar-refractivity contribution in [3.05, 3.63) is 60.0 Å². The van der Waals surface area contributed by atoms with E-state index < -0.39 is 15.9 Å². The van der Waals surface area contributed by atoms with Crippen LogP contribution < -0.4 is 10.1 Å². The summed E-state index contributed by atoms with van der Waals surface area (Å²) >= 11 is 0. The number of hydrogen-bond donors (Lipinski definition) is 1. The van der Waals surface area contributed by atoms with E-state index in [4.69, 9.17) is 9.26 Å². The number of nitrogens with zero attached hydrogens (tertiary/aromatic N) is 3. The zero-order valence-corrected chi connectivity index (χ0v) is 17.6. The first-order chi connectivity index (χ1) is 14.3. The zero-order chi connectivity index (χ0) is 21.7. The molecule has 1 N–H and O–H groups in total. The topological polar surface area (TPSA) is 115 Å². The molecule has 2 aromatic carbocycles. The summed E-state index contributed by atoms with van der Waals surface area (Å²) < 4.78 is 36.3. The molecule has 158 valence electrons. The van der Waals surface area contributed by atoms with E-state index in [2.05, 4.69) is 15.5 Å². The number of nitrogens with one attached hydrogen (secondary N) is 1. The zero-order valence-electron chi connectivity index (χ0n) is 16.8. The van der Waals surface area contributed by atoms with E-state index in [0.717, 1.165) is 15.4 Å². The van der Waals surface area contributed by atoms with Crippen molar-refractivity contribution in [1.29, 1.82) is 0 Å². The summed E-state index contributed by atoms with van der Waals surface area (Å²) in [7, 11) is -0.833. The first kappa shape index (κ1) is 21.5. The van der Waals surface area contributed by atoms with Crippen molar-refractivity contribution in [2.75, 3.05) is 20.7 Å². The van der Waals surface area contributed by atoms with Gasteiger partial charge in [0.25, 0.3) is 0 Å². The van der Waals surface area contributed by atoms with E-state index in [1.807, 2.05) is 6.92 Å². The number of ether oxygens (including phenoxy) is 1. The van der Waals surface area contributed by atoms with Gasteiger partial charge in [-0.1, -0.05) is 22.9 Å². The van der Waals surface area contributed by atoms with E-state index >= 15 is 0 Å². The first-order valence-corrected chi connectivity index (χ1v) is 10.5. The molecule has 3 rings (SSSR count). The minimum absolute atomic E-state index is 0.0135. The van der Waals surface area contributed by atoms with Crippen molar-refractivity contribution in [1.82, 2.24) is 19.8 Å². The molecule has 1 aromatic heterocycles. The average molecular weight is 430 g/mol. The van der Waals surface area contributed by atoms with Gasteiger partial charge in [-0.2, -0.15) is 9.29 Å². The number of likely N-dealkylation sites (N-methyl/N-ethyl adjacent to an activating group) is 1. The maximum absolute atomic E-state index is 12.6. The van der Waals surface area contributed by atoms with Gasteiger partial charge in [-0.15, -0.1) is 0 Å². The van der Waals surface area contributed by atoms with Crippen LogP contribution in [0.1, 0.15) is 11.5 Å². The third kappa shape index (κ3) is 5.02. The largest absolute Gasteiger partial charge is 0.497 e. The van der Waals surface area contributed by atoms with Gasteiger partial charge in [0.1, 0.15) is 5.75 Å². The number of methoxy groups -OCH3 is 1. The standard InChI is InChI=1S/C20H22N4O5S/c1-14-4-10-17(11-5-14)30(26,27)24(2)13-18(25)21-12-19-22-20(23-29-19)15-6-8-16(28-3)9-7-15/h4-11H,12-13H2,1-3H3,(H,21,25). The van der Waals surface area contributed by atoms with Crippen molar-refractivity contribution < 1.29 is 22.5 Å². The normalized spacial score (nSPS) is 11.5. The molecule has 10 heteroatoms. The highest BCUT2D eigenvalue weighted by atomic mass is 32.2. The van der Waals surface area contributed by atoms with Crippen LogP contribution in [-0.2, 0) is 21.4 Å². The molecular formula is C20H22N4O5S. The Morgan fingerprint density at radius 1 is 1.13 bits per heavy atom. The molecular weight excluding hydrogens is 408 g/mol. The van der Waals surface area contributed by atoms with Crippen LogP contribution in [0.5, 0.6) is 5.75 Å². The summed E-state index contributed by atoms with van der Waals surface area (Å²) in [6, 6.07) is 13.6. The fourth-order valence-electron chi connectivity index (χ4n) is 2.59. The third-order valence-electron chi connectivity index (χ3n) is 4.35. The van der Waals surface area contributed by atoms with Gasteiger partial charge in [0, 0.05) is 12.6 Å². The molecule has 30 heavy (non-hydrogen) atoms. The molecule has 0 spiro atoms. The van der Waals surface area contributed by atoms with Crippen LogP contribution in [-0.4, -0.2) is 49.5 Å². The lowest BCUT2D eigenvalue weighted by Crippen LogP contribution is -2.38. The second-order valence-corrected chi connectivity index (χ2v) is 8.64. The van der Waals surface area contributed by atoms with Crippen molar-refractivity contribution in [3.8, 4) is 17.1 Å². The van der Waals surface area contributed by atoms with Crippen LogP contribution in [0.4, 0.5) is 0 Å². The molecule has 0 fully saturated rings. The number of carbonyl (C=O) groups is 1. The van der Waals surface area contributed by atoms with Crippen molar-refractivity contribution in [3.63, 3.8) is 0 Å². The second-order valence-electron chi connectivity index (χ2n) is 6.59. The maximum atomic E-state index is 12.6. The van der Waals surface area contributed by atoms with Crippen LogP contribution in [0.3, 0.4) is 0 Å². The molecule has 9 nitrogen and oxygen atoms in total. The van der Waals surface area contributed by atoms with Crippen molar-refractivity contribution >= 4 is 15.9 Å². The monoisotopic (exact) mass is 430 g/mol. The van der Waals surface area contributed by atoms with E-state index in [1.54, 1.807) is 43.5 Å². The molecule has 0 unspecified atom stereocenters. The smallest absolute Gasteiger partial charge is 0.246 e. The Morgan fingerprint density at radius 2 is 1.80 bits per heavy atom. The third-order valence-corrected chi connectivity index (χ3v) is 6.17. The van der Waals surface area contributed by atoms with Gasteiger partial charge in [0.15, 0.2) is 0 Å². The summed E-state index contributed by atoms with van der Waals surface area (Å²) in [6.07, 6.45) is 0. The summed E-state index contributed by atoms with van der Waals surface area (Å²) in [6.45, 7) is 1.52. The van der Waals surface area contributed by atoms with E-state index in [-0.39, 0.29) is 23.9 Å². The predicted molar refractivity (Wildman–Crippen MR) is 109 cm³/mol. The van der Waals surface area contributed by atoms with Gasteiger partial charge in [0.05, 0.1) is 25.1 Å². The number of aryl methyl sites for hydroxylation is 1. The number of benzene rings is 2. The Balaban J connectivity index is 1.56. The molecule has 0 radical (unpaired) electrons. The number of rotatable bonds is 8. The minimum Gasteiger partial charge on any atom is -0.497 e. The van der Waals surface area contributed by atoms with Crippen LogP contribution in [0.2, 0.25) is 0 Å². The summed E-state index contributed by atoms with van der Waals surface area (Å²) in [5.41, 5.74) is 1.68. The Labute approximate surface area is 174 Å². The second kappa shape index (κ2) is 9.06. The van der Waals surface area contributed by atoms with E-state index in [1.165, 1.54) is 19.2 Å². The highest BCUT2D eigenvalue weighted by Gasteiger charge is 2.23. The fraction of sp³-hybridized carbons (Fsp3) is 0.250. The Morgan fingerprint density at radius 3 is 2.43 bits per heavy atom. The van der Waals surface area contributed by atoms with Crippen LogP contribution in [0.15, 0.2) is 57.9 Å². The first-order valence-electron chi connectivity index (χ1n) is 9.06. The molecule has 3 aromatic rings. The van der Waals surface area contributed by atoms with Crippen molar-refractivity contribution in [2.24, 2.45) is 0 Å². The quantitative estimate of drug-likeness (QED) is 0.581. The summed E-state index contributed by atoms with van der Waals surface area (Å²) in [4.78, 5) is 16.5. The Bertz CT molecular complexity index is 1110. The van der Waals surface area contributed by atoms with Gasteiger partial charge in [-0.05, 0) is 43.3 Å². The number of carbonyl (C=O) groups excluding carboxylic acids is 1. The number of aromatic nitrogens is 2. The molecule has 0 bridgehead atoms. The molecule has 0 aliphatic heterocycles. The lowest BCUT2D eigenvalue weighted by Gasteiger charge is -2.16. The number of hydrogen-bond acceptors (Lipinski definition) is 7. The van der Waals surface area contributed by atoms with Crippen molar-refractivity contribution in [2.45, 2.75) is 18.4 Å². The summed E-state index contributed by atoms with van der Waals surface area (Å²) in [5, 5.41) is 6.47. The molecule has 1 heterocycles. The highest BCUT2D eigenvalue weighted by molar-refractivity contribution is 7.89. The predicted octanol–water partition coefficient (Wildman–Crippen LogP) is 1.99.